The molecular weight excluding hydrogens is 408 g/mol. The average molecular weight is 425 g/mol. The number of hydrogen-bond acceptors (Lipinski definition) is 4. The average Bonchev–Trinajstić information content (AvgIpc) is 3.14. The Kier molecular flexibility index (Phi) is 4.27. The quantitative estimate of drug-likeness (QED) is 0.542. The van der Waals surface area contributed by atoms with Gasteiger partial charge < -0.3 is 5.32 Å². The molecule has 4 aromatic rings. The van der Waals surface area contributed by atoms with Crippen molar-refractivity contribution in [1.29, 1.82) is 0 Å². The molecule has 0 bridgehead atoms. The molecule has 0 atom stereocenters. The van der Waals surface area contributed by atoms with Crippen LogP contribution in [-0.4, -0.2) is 30.5 Å². The van der Waals surface area contributed by atoms with E-state index in [4.69, 9.17) is 0 Å². The molecule has 0 aliphatic heterocycles. The Bertz CT molecular complexity index is 1180. The van der Waals surface area contributed by atoms with Crippen LogP contribution >= 0.6 is 15.9 Å². The summed E-state index contributed by atoms with van der Waals surface area (Å²) in [5, 5.41) is 12.6. The molecule has 0 radical (unpaired) electrons. The molecule has 4 rings (SSSR count). The van der Waals surface area contributed by atoms with E-state index in [1.807, 2.05) is 57.3 Å². The third-order valence-corrected chi connectivity index (χ3v) is 4.74. The zero-order valence-corrected chi connectivity index (χ0v) is 16.6. The van der Waals surface area contributed by atoms with Crippen LogP contribution in [0.3, 0.4) is 0 Å². The van der Waals surface area contributed by atoms with Gasteiger partial charge in [-0.1, -0.05) is 22.0 Å². The van der Waals surface area contributed by atoms with Crippen LogP contribution in [0.25, 0.3) is 16.7 Å². The number of benzene rings is 1. The minimum atomic E-state index is -0.246. The SMILES string of the molecule is Cc1cc(NC(=O)c2cnc3c(c2)c(C)nn3C)n(-c2cccc(Br)c2)n1. The van der Waals surface area contributed by atoms with Crippen LogP contribution in [0.15, 0.2) is 47.1 Å². The van der Waals surface area contributed by atoms with Gasteiger partial charge in [-0.15, -0.1) is 0 Å². The molecule has 0 unspecified atom stereocenters. The van der Waals surface area contributed by atoms with E-state index >= 15 is 0 Å². The number of aromatic nitrogens is 5. The molecular formula is C19H17BrN6O. The van der Waals surface area contributed by atoms with Crippen LogP contribution in [0.2, 0.25) is 0 Å². The van der Waals surface area contributed by atoms with Crippen molar-refractivity contribution in [3.63, 3.8) is 0 Å². The Hall–Kier alpha value is -3.00. The second-order valence-electron chi connectivity index (χ2n) is 6.32. The summed E-state index contributed by atoms with van der Waals surface area (Å²) in [5.74, 6) is 0.349. The molecule has 0 saturated carbocycles. The minimum Gasteiger partial charge on any atom is -0.306 e. The number of carbonyl (C=O) groups is 1. The van der Waals surface area contributed by atoms with E-state index in [1.54, 1.807) is 15.6 Å². The summed E-state index contributed by atoms with van der Waals surface area (Å²) in [4.78, 5) is 17.2. The monoisotopic (exact) mass is 424 g/mol. The number of pyridine rings is 1. The van der Waals surface area contributed by atoms with Crippen LogP contribution in [0, 0.1) is 13.8 Å². The van der Waals surface area contributed by atoms with Gasteiger partial charge >= 0.3 is 0 Å². The number of amides is 1. The van der Waals surface area contributed by atoms with Gasteiger partial charge in [0.15, 0.2) is 5.65 Å². The first-order valence-corrected chi connectivity index (χ1v) is 9.15. The molecule has 3 heterocycles. The largest absolute Gasteiger partial charge is 0.306 e. The molecule has 1 amide bonds. The molecule has 0 saturated heterocycles. The van der Waals surface area contributed by atoms with E-state index in [9.17, 15) is 4.79 Å². The molecule has 3 aromatic heterocycles. The van der Waals surface area contributed by atoms with Gasteiger partial charge in [0.1, 0.15) is 5.82 Å². The van der Waals surface area contributed by atoms with Crippen molar-refractivity contribution >= 4 is 38.7 Å². The van der Waals surface area contributed by atoms with Crippen molar-refractivity contribution in [3.8, 4) is 5.69 Å². The van der Waals surface area contributed by atoms with Gasteiger partial charge in [0.05, 0.1) is 22.6 Å². The highest BCUT2D eigenvalue weighted by molar-refractivity contribution is 9.10. The van der Waals surface area contributed by atoms with Gasteiger partial charge in [-0.05, 0) is 38.1 Å². The maximum absolute atomic E-state index is 12.8. The number of anilines is 1. The third-order valence-electron chi connectivity index (χ3n) is 4.25. The van der Waals surface area contributed by atoms with E-state index in [2.05, 4.69) is 36.4 Å². The highest BCUT2D eigenvalue weighted by Crippen LogP contribution is 2.22. The molecule has 0 fully saturated rings. The molecule has 1 N–H and O–H groups in total. The van der Waals surface area contributed by atoms with Crippen LogP contribution in [-0.2, 0) is 7.05 Å². The Morgan fingerprint density at radius 3 is 2.74 bits per heavy atom. The molecule has 0 aliphatic rings. The lowest BCUT2D eigenvalue weighted by Crippen LogP contribution is -2.15. The molecule has 7 nitrogen and oxygen atoms in total. The number of rotatable bonds is 3. The molecule has 0 aliphatic carbocycles. The van der Waals surface area contributed by atoms with Gasteiger partial charge in [-0.2, -0.15) is 10.2 Å². The van der Waals surface area contributed by atoms with Crippen LogP contribution < -0.4 is 5.32 Å². The van der Waals surface area contributed by atoms with E-state index in [0.29, 0.717) is 11.4 Å². The normalized spacial score (nSPS) is 11.1. The Balaban J connectivity index is 1.69. The van der Waals surface area contributed by atoms with Crippen molar-refractivity contribution in [2.75, 3.05) is 5.32 Å². The first kappa shape index (κ1) is 17.4. The number of nitrogens with one attached hydrogen (secondary N) is 1. The summed E-state index contributed by atoms with van der Waals surface area (Å²) >= 11 is 3.47. The first-order chi connectivity index (χ1) is 12.9. The van der Waals surface area contributed by atoms with E-state index in [-0.39, 0.29) is 5.91 Å². The lowest BCUT2D eigenvalue weighted by molar-refractivity contribution is 0.102. The van der Waals surface area contributed by atoms with Gasteiger partial charge in [0, 0.05) is 29.2 Å². The summed E-state index contributed by atoms with van der Waals surface area (Å²) in [7, 11) is 1.83. The van der Waals surface area contributed by atoms with Crippen molar-refractivity contribution in [2.24, 2.45) is 7.05 Å². The Labute approximate surface area is 164 Å². The van der Waals surface area contributed by atoms with E-state index in [1.165, 1.54) is 0 Å². The summed E-state index contributed by atoms with van der Waals surface area (Å²) in [6.45, 7) is 3.79. The smallest absolute Gasteiger partial charge is 0.258 e. The van der Waals surface area contributed by atoms with Crippen molar-refractivity contribution < 1.29 is 4.79 Å². The number of nitrogens with zero attached hydrogens (tertiary/aromatic N) is 5. The topological polar surface area (TPSA) is 77.6 Å². The second-order valence-corrected chi connectivity index (χ2v) is 7.24. The van der Waals surface area contributed by atoms with Crippen LogP contribution in [0.5, 0.6) is 0 Å². The van der Waals surface area contributed by atoms with E-state index < -0.39 is 0 Å². The predicted octanol–water partition coefficient (Wildman–Crippen LogP) is 3.79. The van der Waals surface area contributed by atoms with Crippen molar-refractivity contribution in [3.05, 3.63) is 64.0 Å². The second kappa shape index (κ2) is 6.62. The Morgan fingerprint density at radius 2 is 1.96 bits per heavy atom. The zero-order valence-electron chi connectivity index (χ0n) is 15.1. The maximum atomic E-state index is 12.8. The molecule has 27 heavy (non-hydrogen) atoms. The van der Waals surface area contributed by atoms with Crippen LogP contribution in [0.4, 0.5) is 5.82 Å². The summed E-state index contributed by atoms with van der Waals surface area (Å²) in [6.07, 6.45) is 1.56. The van der Waals surface area contributed by atoms with Gasteiger partial charge in [-0.3, -0.25) is 9.48 Å². The summed E-state index contributed by atoms with van der Waals surface area (Å²) in [6, 6.07) is 11.4. The predicted molar refractivity (Wildman–Crippen MR) is 107 cm³/mol. The van der Waals surface area contributed by atoms with Crippen molar-refractivity contribution in [1.82, 2.24) is 24.5 Å². The molecule has 1 aromatic carbocycles. The molecule has 0 spiro atoms. The van der Waals surface area contributed by atoms with Gasteiger partial charge in [-0.25, -0.2) is 9.67 Å². The third kappa shape index (κ3) is 3.23. The van der Waals surface area contributed by atoms with Gasteiger partial charge in [0.2, 0.25) is 0 Å². The lowest BCUT2D eigenvalue weighted by atomic mass is 10.2. The first-order valence-electron chi connectivity index (χ1n) is 8.35. The fraction of sp³-hybridized carbons (Fsp3) is 0.158. The zero-order chi connectivity index (χ0) is 19.1. The standard InChI is InChI=1S/C19H17BrN6O/c1-11-7-17(26(23-11)15-6-4-5-14(20)9-15)22-19(27)13-8-16-12(2)24-25(3)18(16)21-10-13/h4-10H,1-3H3,(H,22,27). The number of halogens is 1. The summed E-state index contributed by atoms with van der Waals surface area (Å²) < 4.78 is 4.35. The van der Waals surface area contributed by atoms with Gasteiger partial charge in [0.25, 0.3) is 5.91 Å². The van der Waals surface area contributed by atoms with Crippen molar-refractivity contribution in [2.45, 2.75) is 13.8 Å². The fourth-order valence-corrected chi connectivity index (χ4v) is 3.40. The minimum absolute atomic E-state index is 0.246. The molecule has 8 heteroatoms. The number of hydrogen-bond donors (Lipinski definition) is 1. The highest BCUT2D eigenvalue weighted by Gasteiger charge is 2.15. The number of aryl methyl sites for hydroxylation is 3. The summed E-state index contributed by atoms with van der Waals surface area (Å²) in [5.41, 5.74) is 3.72. The number of fused-ring (bicyclic) bond motifs is 1. The Morgan fingerprint density at radius 1 is 1.15 bits per heavy atom. The fourth-order valence-electron chi connectivity index (χ4n) is 3.01. The maximum Gasteiger partial charge on any atom is 0.258 e. The van der Waals surface area contributed by atoms with E-state index in [0.717, 1.165) is 32.6 Å². The highest BCUT2D eigenvalue weighted by atomic mass is 79.9. The number of carbonyl (C=O) groups excluding carboxylic acids is 1. The lowest BCUT2D eigenvalue weighted by Gasteiger charge is -2.09. The molecule has 136 valence electrons. The van der Waals surface area contributed by atoms with Crippen LogP contribution in [0.1, 0.15) is 21.7 Å².